The lowest BCUT2D eigenvalue weighted by Crippen LogP contribution is -2.05. The van der Waals surface area contributed by atoms with Crippen LogP contribution in [-0.2, 0) is 20.1 Å². The summed E-state index contributed by atoms with van der Waals surface area (Å²) < 4.78 is 26.1. The molecule has 0 aliphatic heterocycles. The van der Waals surface area contributed by atoms with Crippen LogP contribution in [0, 0.1) is 0 Å². The monoisotopic (exact) mass is 187 g/mol. The zero-order chi connectivity index (χ0) is 9.03. The van der Waals surface area contributed by atoms with Crippen molar-refractivity contribution < 1.29 is 12.6 Å². The average Bonchev–Trinajstić information content (AvgIpc) is 2.06. The number of hydrogen-bond acceptors (Lipinski definition) is 4. The van der Waals surface area contributed by atoms with E-state index in [4.69, 9.17) is 0 Å². The topological polar surface area (TPSA) is 56.3 Å². The van der Waals surface area contributed by atoms with Crippen molar-refractivity contribution in [2.45, 2.75) is 5.75 Å². The van der Waals surface area contributed by atoms with E-state index in [-0.39, 0.29) is 5.75 Å². The lowest BCUT2D eigenvalue weighted by molar-refractivity contribution is 0.397. The molecule has 12 heavy (non-hydrogen) atoms. The van der Waals surface area contributed by atoms with Crippen LogP contribution in [0.3, 0.4) is 0 Å². The molecule has 0 fully saturated rings. The minimum Gasteiger partial charge on any atom is -0.273 e. The Morgan fingerprint density at radius 3 is 2.50 bits per heavy atom. The fraction of sp³-hybridized carbons (Fsp3) is 0.286. The van der Waals surface area contributed by atoms with Crippen LogP contribution in [0.1, 0.15) is 5.56 Å². The Morgan fingerprint density at radius 2 is 2.00 bits per heavy atom. The Hall–Kier alpha value is -0.940. The SMILES string of the molecule is COS(=O)(=O)Cc1ccncc1. The second-order valence-electron chi connectivity index (χ2n) is 2.22. The molecule has 4 nitrogen and oxygen atoms in total. The van der Waals surface area contributed by atoms with Gasteiger partial charge in [-0.25, -0.2) is 0 Å². The van der Waals surface area contributed by atoms with Crippen LogP contribution < -0.4 is 0 Å². The number of pyridine rings is 1. The van der Waals surface area contributed by atoms with Crippen molar-refractivity contribution in [1.82, 2.24) is 4.98 Å². The van der Waals surface area contributed by atoms with E-state index in [0.717, 1.165) is 7.11 Å². The Bertz CT molecular complexity index is 333. The molecule has 0 aliphatic rings. The van der Waals surface area contributed by atoms with E-state index < -0.39 is 10.1 Å². The third-order valence-electron chi connectivity index (χ3n) is 1.35. The second kappa shape index (κ2) is 3.64. The first-order chi connectivity index (χ1) is 5.64. The molecule has 1 rings (SSSR count). The quantitative estimate of drug-likeness (QED) is 0.649. The third-order valence-corrected chi connectivity index (χ3v) is 2.54. The van der Waals surface area contributed by atoms with E-state index in [0.29, 0.717) is 5.56 Å². The fourth-order valence-electron chi connectivity index (χ4n) is 0.742. The summed E-state index contributed by atoms with van der Waals surface area (Å²) in [5.74, 6) is -0.105. The van der Waals surface area contributed by atoms with E-state index in [1.165, 1.54) is 0 Å². The highest BCUT2D eigenvalue weighted by Gasteiger charge is 2.08. The molecule has 0 saturated heterocycles. The van der Waals surface area contributed by atoms with Crippen LogP contribution in [0.4, 0.5) is 0 Å². The summed E-state index contributed by atoms with van der Waals surface area (Å²) in [4.78, 5) is 3.77. The molecule has 0 bridgehead atoms. The van der Waals surface area contributed by atoms with Gasteiger partial charge in [0.25, 0.3) is 10.1 Å². The predicted molar refractivity (Wildman–Crippen MR) is 43.9 cm³/mol. The summed E-state index contributed by atoms with van der Waals surface area (Å²) in [6.07, 6.45) is 3.08. The molecular weight excluding hydrogens is 178 g/mol. The third kappa shape index (κ3) is 2.60. The first-order valence-corrected chi connectivity index (χ1v) is 4.89. The molecule has 0 amide bonds. The minimum absolute atomic E-state index is 0.105. The van der Waals surface area contributed by atoms with Gasteiger partial charge in [0.1, 0.15) is 5.75 Å². The van der Waals surface area contributed by atoms with Gasteiger partial charge in [0.05, 0.1) is 7.11 Å². The number of aromatic nitrogens is 1. The van der Waals surface area contributed by atoms with Crippen molar-refractivity contribution >= 4 is 10.1 Å². The smallest absolute Gasteiger partial charge is 0.271 e. The molecule has 0 atom stereocenters. The molecule has 0 saturated carbocycles. The maximum atomic E-state index is 10.9. The molecule has 0 aliphatic carbocycles. The van der Waals surface area contributed by atoms with Gasteiger partial charge in [-0.1, -0.05) is 0 Å². The highest BCUT2D eigenvalue weighted by atomic mass is 32.2. The first kappa shape index (κ1) is 9.15. The summed E-state index contributed by atoms with van der Waals surface area (Å²) in [7, 11) is -2.25. The number of rotatable bonds is 3. The van der Waals surface area contributed by atoms with E-state index in [1.54, 1.807) is 24.5 Å². The second-order valence-corrected chi connectivity index (χ2v) is 3.96. The van der Waals surface area contributed by atoms with Crippen molar-refractivity contribution in [3.8, 4) is 0 Å². The zero-order valence-corrected chi connectivity index (χ0v) is 7.41. The van der Waals surface area contributed by atoms with Gasteiger partial charge < -0.3 is 0 Å². The maximum Gasteiger partial charge on any atom is 0.271 e. The van der Waals surface area contributed by atoms with Gasteiger partial charge in [-0.15, -0.1) is 0 Å². The largest absolute Gasteiger partial charge is 0.273 e. The van der Waals surface area contributed by atoms with E-state index in [1.807, 2.05) is 0 Å². The van der Waals surface area contributed by atoms with E-state index in [9.17, 15) is 8.42 Å². The van der Waals surface area contributed by atoms with Gasteiger partial charge in [-0.05, 0) is 17.7 Å². The van der Waals surface area contributed by atoms with Crippen molar-refractivity contribution in [3.63, 3.8) is 0 Å². The maximum absolute atomic E-state index is 10.9. The van der Waals surface area contributed by atoms with Crippen LogP contribution in [0.25, 0.3) is 0 Å². The van der Waals surface area contributed by atoms with Crippen LogP contribution >= 0.6 is 0 Å². The van der Waals surface area contributed by atoms with Crippen molar-refractivity contribution in [2.75, 3.05) is 7.11 Å². The molecule has 1 heterocycles. The lowest BCUT2D eigenvalue weighted by atomic mass is 10.3. The van der Waals surface area contributed by atoms with E-state index in [2.05, 4.69) is 9.17 Å². The summed E-state index contributed by atoms with van der Waals surface area (Å²) in [5.41, 5.74) is 0.673. The highest BCUT2D eigenvalue weighted by Crippen LogP contribution is 2.04. The summed E-state index contributed by atoms with van der Waals surface area (Å²) >= 11 is 0. The Labute approximate surface area is 71.3 Å². The van der Waals surface area contributed by atoms with Crippen molar-refractivity contribution in [3.05, 3.63) is 30.1 Å². The van der Waals surface area contributed by atoms with Crippen LogP contribution in [0.15, 0.2) is 24.5 Å². The normalized spacial score (nSPS) is 11.4. The summed E-state index contributed by atoms with van der Waals surface area (Å²) in [6.45, 7) is 0. The zero-order valence-electron chi connectivity index (χ0n) is 6.60. The molecule has 0 radical (unpaired) electrons. The van der Waals surface area contributed by atoms with Crippen molar-refractivity contribution in [1.29, 1.82) is 0 Å². The van der Waals surface area contributed by atoms with Crippen LogP contribution in [-0.4, -0.2) is 20.5 Å². The standard InChI is InChI=1S/C7H9NO3S/c1-11-12(9,10)6-7-2-4-8-5-3-7/h2-5H,6H2,1H3. The summed E-state index contributed by atoms with van der Waals surface area (Å²) in [5, 5.41) is 0. The fourth-order valence-corrected chi connectivity index (χ4v) is 1.46. The van der Waals surface area contributed by atoms with Crippen LogP contribution in [0.5, 0.6) is 0 Å². The molecule has 0 spiro atoms. The molecule has 66 valence electrons. The Balaban J connectivity index is 2.78. The van der Waals surface area contributed by atoms with Gasteiger partial charge in [-0.2, -0.15) is 8.42 Å². The molecule has 5 heteroatoms. The molecule has 0 aromatic carbocycles. The predicted octanol–water partition coefficient (Wildman–Crippen LogP) is 0.558. The number of hydrogen-bond donors (Lipinski definition) is 0. The number of nitrogens with zero attached hydrogens (tertiary/aromatic N) is 1. The Morgan fingerprint density at radius 1 is 1.42 bits per heavy atom. The van der Waals surface area contributed by atoms with Gasteiger partial charge in [0.15, 0.2) is 0 Å². The molecule has 1 aromatic heterocycles. The van der Waals surface area contributed by atoms with Gasteiger partial charge in [0, 0.05) is 12.4 Å². The highest BCUT2D eigenvalue weighted by molar-refractivity contribution is 7.85. The van der Waals surface area contributed by atoms with Gasteiger partial charge >= 0.3 is 0 Å². The van der Waals surface area contributed by atoms with Crippen LogP contribution in [0.2, 0.25) is 0 Å². The van der Waals surface area contributed by atoms with Gasteiger partial charge in [-0.3, -0.25) is 9.17 Å². The molecule has 1 aromatic rings. The first-order valence-electron chi connectivity index (χ1n) is 3.31. The average molecular weight is 187 g/mol. The lowest BCUT2D eigenvalue weighted by Gasteiger charge is -1.99. The molecule has 0 N–H and O–H groups in total. The summed E-state index contributed by atoms with van der Waals surface area (Å²) in [6, 6.07) is 3.27. The Kier molecular flexibility index (Phi) is 2.78. The minimum atomic E-state index is -3.40. The van der Waals surface area contributed by atoms with E-state index >= 15 is 0 Å². The molecular formula is C7H9NO3S. The van der Waals surface area contributed by atoms with Gasteiger partial charge in [0.2, 0.25) is 0 Å². The molecule has 0 unspecified atom stereocenters. The van der Waals surface area contributed by atoms with Crippen molar-refractivity contribution in [2.24, 2.45) is 0 Å².